The molecule has 0 aliphatic heterocycles. The van der Waals surface area contributed by atoms with E-state index in [2.05, 4.69) is 4.74 Å². The zero-order valence-electron chi connectivity index (χ0n) is 16.8. The summed E-state index contributed by atoms with van der Waals surface area (Å²) in [5.41, 5.74) is 0.260. The summed E-state index contributed by atoms with van der Waals surface area (Å²) in [6.45, 7) is 6.32. The first-order chi connectivity index (χ1) is 13.8. The molecule has 8 heteroatoms. The molecule has 0 amide bonds. The zero-order chi connectivity index (χ0) is 22.7. The lowest BCUT2D eigenvalue weighted by Crippen LogP contribution is -2.38. The second kappa shape index (κ2) is 8.61. The monoisotopic (exact) mass is 422 g/mol. The minimum Gasteiger partial charge on any atom is -0.478 e. The van der Waals surface area contributed by atoms with E-state index in [0.29, 0.717) is 22.4 Å². The molecule has 0 heterocycles. The second-order valence-electron chi connectivity index (χ2n) is 7.14. The number of carbonyl (C=O) groups excluding carboxylic acids is 1. The number of aliphatic carboxylic acids is 1. The molecule has 0 unspecified atom stereocenters. The molecule has 2 aromatic carbocycles. The van der Waals surface area contributed by atoms with Gasteiger partial charge in [0.05, 0.1) is 5.56 Å². The van der Waals surface area contributed by atoms with Crippen molar-refractivity contribution in [1.29, 1.82) is 0 Å². The molecule has 5 nitrogen and oxygen atoms in total. The van der Waals surface area contributed by atoms with E-state index in [0.717, 1.165) is 12.1 Å². The molecule has 0 bridgehead atoms. The molecule has 2 rings (SSSR count). The third-order valence-corrected chi connectivity index (χ3v) is 4.16. The van der Waals surface area contributed by atoms with Gasteiger partial charge in [0.15, 0.2) is 11.4 Å². The molecule has 0 fully saturated rings. The molecule has 1 N–H and O–H groups in total. The number of rotatable bonds is 7. The van der Waals surface area contributed by atoms with Crippen LogP contribution in [0.5, 0.6) is 11.5 Å². The van der Waals surface area contributed by atoms with E-state index < -0.39 is 29.5 Å². The highest BCUT2D eigenvalue weighted by molar-refractivity contribution is 6.08. The van der Waals surface area contributed by atoms with Crippen LogP contribution in [-0.2, 0) is 4.79 Å². The van der Waals surface area contributed by atoms with Crippen molar-refractivity contribution in [1.82, 2.24) is 0 Å². The number of ether oxygens (including phenoxy) is 2. The molecule has 0 spiro atoms. The number of para-hydroxylation sites is 1. The van der Waals surface area contributed by atoms with Crippen LogP contribution in [0.2, 0.25) is 0 Å². The summed E-state index contributed by atoms with van der Waals surface area (Å²) in [5.74, 6) is -1.94. The fraction of sp³-hybridized carbons (Fsp3) is 0.273. The fourth-order valence-electron chi connectivity index (χ4n) is 2.69. The highest BCUT2D eigenvalue weighted by Crippen LogP contribution is 2.30. The minimum absolute atomic E-state index is 0.220. The molecule has 0 saturated heterocycles. The first kappa shape index (κ1) is 23.0. The summed E-state index contributed by atoms with van der Waals surface area (Å²) in [7, 11) is 0. The van der Waals surface area contributed by atoms with Crippen LogP contribution in [0.15, 0.2) is 42.5 Å². The van der Waals surface area contributed by atoms with Gasteiger partial charge in [0.2, 0.25) is 0 Å². The first-order valence-corrected chi connectivity index (χ1v) is 8.91. The predicted octanol–water partition coefficient (Wildman–Crippen LogP) is 5.34. The number of carboxylic acid groups (broad SMARTS) is 1. The van der Waals surface area contributed by atoms with Crippen LogP contribution in [0.1, 0.15) is 40.9 Å². The van der Waals surface area contributed by atoms with Gasteiger partial charge in [-0.15, -0.1) is 13.2 Å². The van der Waals surface area contributed by atoms with Crippen molar-refractivity contribution in [3.8, 4) is 11.5 Å². The van der Waals surface area contributed by atoms with Gasteiger partial charge in [-0.25, -0.2) is 4.79 Å². The summed E-state index contributed by atoms with van der Waals surface area (Å²) in [6, 6.07) is 8.46. The topological polar surface area (TPSA) is 72.8 Å². The number of allylic oxidation sites excluding steroid dienone is 1. The number of carbonyl (C=O) groups is 2. The van der Waals surface area contributed by atoms with Crippen LogP contribution in [-0.4, -0.2) is 28.8 Å². The predicted molar refractivity (Wildman–Crippen MR) is 105 cm³/mol. The normalized spacial score (nSPS) is 12.1. The Bertz CT molecular complexity index is 968. The van der Waals surface area contributed by atoms with Crippen molar-refractivity contribution in [2.75, 3.05) is 0 Å². The molecule has 30 heavy (non-hydrogen) atoms. The summed E-state index contributed by atoms with van der Waals surface area (Å²) in [6.07, 6.45) is -2.30. The van der Waals surface area contributed by atoms with Crippen molar-refractivity contribution in [3.05, 3.63) is 64.7 Å². The van der Waals surface area contributed by atoms with Crippen LogP contribution < -0.4 is 9.47 Å². The minimum atomic E-state index is -4.91. The van der Waals surface area contributed by atoms with Crippen molar-refractivity contribution in [2.24, 2.45) is 0 Å². The Kier molecular flexibility index (Phi) is 6.60. The van der Waals surface area contributed by atoms with Gasteiger partial charge in [-0.3, -0.25) is 4.79 Å². The van der Waals surface area contributed by atoms with Crippen LogP contribution in [0.3, 0.4) is 0 Å². The summed E-state index contributed by atoms with van der Waals surface area (Å²) >= 11 is 0. The zero-order valence-corrected chi connectivity index (χ0v) is 16.8. The van der Waals surface area contributed by atoms with E-state index in [9.17, 15) is 27.9 Å². The fourth-order valence-corrected chi connectivity index (χ4v) is 2.69. The number of aryl methyl sites for hydroxylation is 2. The molecular weight excluding hydrogens is 401 g/mol. The molecule has 160 valence electrons. The van der Waals surface area contributed by atoms with Crippen molar-refractivity contribution in [3.63, 3.8) is 0 Å². The highest BCUT2D eigenvalue weighted by atomic mass is 19.4. The number of halogens is 3. The van der Waals surface area contributed by atoms with Gasteiger partial charge in [-0.05, 0) is 74.7 Å². The Balaban J connectivity index is 2.27. The number of carboxylic acids is 1. The van der Waals surface area contributed by atoms with Gasteiger partial charge >= 0.3 is 12.3 Å². The number of hydrogen-bond acceptors (Lipinski definition) is 4. The maximum absolute atomic E-state index is 12.5. The lowest BCUT2D eigenvalue weighted by Gasteiger charge is -2.24. The number of alkyl halides is 3. The van der Waals surface area contributed by atoms with Gasteiger partial charge in [0.25, 0.3) is 0 Å². The standard InChI is InChI=1S/C22H21F3O5/c1-13-11-15(12-14(2)19(13)30-21(3,4)20(27)28)9-10-17(26)16-7-5-6-8-18(16)29-22(23,24)25/h5-12H,1-4H3,(H,27,28)/b10-9+. The van der Waals surface area contributed by atoms with Crippen molar-refractivity contribution in [2.45, 2.75) is 39.7 Å². The molecule has 0 aliphatic carbocycles. The Hall–Kier alpha value is -3.29. The van der Waals surface area contributed by atoms with E-state index in [4.69, 9.17) is 4.74 Å². The van der Waals surface area contributed by atoms with Gasteiger partial charge in [-0.2, -0.15) is 0 Å². The van der Waals surface area contributed by atoms with Crippen LogP contribution in [0, 0.1) is 13.8 Å². The summed E-state index contributed by atoms with van der Waals surface area (Å²) in [5, 5.41) is 9.23. The van der Waals surface area contributed by atoms with E-state index in [1.54, 1.807) is 26.0 Å². The SMILES string of the molecule is Cc1cc(/C=C/C(=O)c2ccccc2OC(F)(F)F)cc(C)c1OC(C)(C)C(=O)O. The van der Waals surface area contributed by atoms with E-state index in [1.807, 2.05) is 0 Å². The molecule has 0 atom stereocenters. The quantitative estimate of drug-likeness (QED) is 0.482. The number of benzene rings is 2. The molecule has 2 aromatic rings. The van der Waals surface area contributed by atoms with Crippen molar-refractivity contribution < 1.29 is 37.3 Å². The average molecular weight is 422 g/mol. The van der Waals surface area contributed by atoms with Crippen molar-refractivity contribution >= 4 is 17.8 Å². The average Bonchev–Trinajstić information content (AvgIpc) is 2.61. The lowest BCUT2D eigenvalue weighted by molar-refractivity contribution is -0.274. The third-order valence-electron chi connectivity index (χ3n) is 4.16. The molecule has 0 aliphatic rings. The Morgan fingerprint density at radius 2 is 1.57 bits per heavy atom. The van der Waals surface area contributed by atoms with E-state index in [1.165, 1.54) is 38.1 Å². The van der Waals surface area contributed by atoms with Crippen LogP contribution >= 0.6 is 0 Å². The first-order valence-electron chi connectivity index (χ1n) is 8.91. The van der Waals surface area contributed by atoms with Gasteiger partial charge in [0.1, 0.15) is 11.5 Å². The van der Waals surface area contributed by atoms with Gasteiger partial charge < -0.3 is 14.6 Å². The Morgan fingerprint density at radius 3 is 2.10 bits per heavy atom. The highest BCUT2D eigenvalue weighted by Gasteiger charge is 2.33. The third kappa shape index (κ3) is 5.85. The maximum Gasteiger partial charge on any atom is 0.573 e. The molecule has 0 aromatic heterocycles. The molecule has 0 radical (unpaired) electrons. The molecular formula is C22H21F3O5. The largest absolute Gasteiger partial charge is 0.573 e. The molecule has 0 saturated carbocycles. The smallest absolute Gasteiger partial charge is 0.478 e. The summed E-state index contributed by atoms with van der Waals surface area (Å²) < 4.78 is 47.1. The number of hydrogen-bond donors (Lipinski definition) is 1. The van der Waals surface area contributed by atoms with Crippen LogP contribution in [0.25, 0.3) is 6.08 Å². The Labute approximate surface area is 171 Å². The second-order valence-corrected chi connectivity index (χ2v) is 7.14. The maximum atomic E-state index is 12.5. The van der Waals surface area contributed by atoms with E-state index >= 15 is 0 Å². The van der Waals surface area contributed by atoms with Crippen LogP contribution in [0.4, 0.5) is 13.2 Å². The van der Waals surface area contributed by atoms with Gasteiger partial charge in [0, 0.05) is 0 Å². The lowest BCUT2D eigenvalue weighted by atomic mass is 10.0. The van der Waals surface area contributed by atoms with Gasteiger partial charge in [-0.1, -0.05) is 18.2 Å². The summed E-state index contributed by atoms with van der Waals surface area (Å²) in [4.78, 5) is 23.7. The van der Waals surface area contributed by atoms with E-state index in [-0.39, 0.29) is 5.56 Å². The number of ketones is 1. The Morgan fingerprint density at radius 1 is 1.00 bits per heavy atom.